The van der Waals surface area contributed by atoms with E-state index in [-0.39, 0.29) is 11.8 Å². The SMILES string of the molecule is COC(=O)C1(Nc2ccc(F)cc2)CCN(Cc2ccccc2)CC1. The van der Waals surface area contributed by atoms with Gasteiger partial charge in [-0.15, -0.1) is 0 Å². The Morgan fingerprint density at radius 2 is 1.76 bits per heavy atom. The van der Waals surface area contributed by atoms with Crippen LogP contribution in [-0.2, 0) is 16.1 Å². The normalized spacial score (nSPS) is 17.0. The zero-order valence-corrected chi connectivity index (χ0v) is 14.4. The van der Waals surface area contributed by atoms with Gasteiger partial charge in [-0.25, -0.2) is 9.18 Å². The summed E-state index contributed by atoms with van der Waals surface area (Å²) in [6.07, 6.45) is 1.29. The monoisotopic (exact) mass is 342 g/mol. The van der Waals surface area contributed by atoms with Gasteiger partial charge in [-0.05, 0) is 42.7 Å². The molecule has 4 nitrogen and oxygen atoms in total. The molecule has 132 valence electrons. The molecule has 0 unspecified atom stereocenters. The Labute approximate surface area is 147 Å². The Bertz CT molecular complexity index is 695. The van der Waals surface area contributed by atoms with E-state index in [0.29, 0.717) is 12.8 Å². The molecule has 1 fully saturated rings. The fraction of sp³-hybridized carbons (Fsp3) is 0.350. The molecule has 25 heavy (non-hydrogen) atoms. The number of hydrogen-bond donors (Lipinski definition) is 1. The van der Waals surface area contributed by atoms with Crippen molar-refractivity contribution in [1.29, 1.82) is 0 Å². The van der Waals surface area contributed by atoms with Gasteiger partial charge in [-0.3, -0.25) is 4.90 Å². The number of halogens is 1. The third kappa shape index (κ3) is 4.17. The van der Waals surface area contributed by atoms with Crippen molar-refractivity contribution in [3.63, 3.8) is 0 Å². The van der Waals surface area contributed by atoms with Crippen molar-refractivity contribution >= 4 is 11.7 Å². The predicted octanol–water partition coefficient (Wildman–Crippen LogP) is 3.45. The molecule has 1 heterocycles. The van der Waals surface area contributed by atoms with Crippen LogP contribution >= 0.6 is 0 Å². The van der Waals surface area contributed by atoms with Gasteiger partial charge in [0.1, 0.15) is 11.4 Å². The van der Waals surface area contributed by atoms with Gasteiger partial charge in [0.05, 0.1) is 7.11 Å². The fourth-order valence-electron chi connectivity index (χ4n) is 3.32. The maximum atomic E-state index is 13.1. The zero-order valence-electron chi connectivity index (χ0n) is 14.4. The number of piperidine rings is 1. The van der Waals surface area contributed by atoms with Gasteiger partial charge in [0, 0.05) is 25.3 Å². The number of nitrogens with one attached hydrogen (secondary N) is 1. The first kappa shape index (κ1) is 17.4. The molecule has 0 radical (unpaired) electrons. The minimum absolute atomic E-state index is 0.267. The molecule has 0 atom stereocenters. The molecule has 0 bridgehead atoms. The molecule has 3 rings (SSSR count). The van der Waals surface area contributed by atoms with E-state index in [0.717, 1.165) is 25.3 Å². The standard InChI is InChI=1S/C20H23FN2O2/c1-25-19(24)20(22-18-9-7-17(21)8-10-18)11-13-23(14-12-20)15-16-5-3-2-4-6-16/h2-10,22H,11-15H2,1H3. The van der Waals surface area contributed by atoms with Crippen LogP contribution in [0.3, 0.4) is 0 Å². The first-order valence-corrected chi connectivity index (χ1v) is 8.50. The molecule has 1 saturated heterocycles. The Morgan fingerprint density at radius 1 is 1.12 bits per heavy atom. The molecular weight excluding hydrogens is 319 g/mol. The van der Waals surface area contributed by atoms with Crippen LogP contribution in [0.1, 0.15) is 18.4 Å². The summed E-state index contributed by atoms with van der Waals surface area (Å²) in [5, 5.41) is 3.29. The number of ether oxygens (including phenoxy) is 1. The van der Waals surface area contributed by atoms with E-state index in [1.807, 2.05) is 18.2 Å². The second-order valence-corrected chi connectivity index (χ2v) is 6.47. The van der Waals surface area contributed by atoms with Crippen LogP contribution in [0, 0.1) is 5.82 Å². The molecule has 0 saturated carbocycles. The first-order valence-electron chi connectivity index (χ1n) is 8.50. The average Bonchev–Trinajstić information content (AvgIpc) is 2.65. The highest BCUT2D eigenvalue weighted by molar-refractivity contribution is 5.84. The molecule has 0 aromatic heterocycles. The van der Waals surface area contributed by atoms with Crippen molar-refractivity contribution in [1.82, 2.24) is 4.90 Å². The van der Waals surface area contributed by atoms with Crippen molar-refractivity contribution in [2.24, 2.45) is 0 Å². The summed E-state index contributed by atoms with van der Waals surface area (Å²) in [6, 6.07) is 16.4. The summed E-state index contributed by atoms with van der Waals surface area (Å²) in [4.78, 5) is 14.8. The van der Waals surface area contributed by atoms with Gasteiger partial charge in [-0.1, -0.05) is 30.3 Å². The molecule has 0 aliphatic carbocycles. The van der Waals surface area contributed by atoms with E-state index >= 15 is 0 Å². The summed E-state index contributed by atoms with van der Waals surface area (Å²) in [5.74, 6) is -0.563. The molecule has 1 aliphatic heterocycles. The molecule has 1 N–H and O–H groups in total. The summed E-state index contributed by atoms with van der Waals surface area (Å²) >= 11 is 0. The van der Waals surface area contributed by atoms with E-state index in [4.69, 9.17) is 4.74 Å². The first-order chi connectivity index (χ1) is 12.1. The maximum Gasteiger partial charge on any atom is 0.331 e. The topological polar surface area (TPSA) is 41.6 Å². The van der Waals surface area contributed by atoms with E-state index in [1.54, 1.807) is 12.1 Å². The molecule has 2 aromatic carbocycles. The van der Waals surface area contributed by atoms with E-state index < -0.39 is 5.54 Å². The lowest BCUT2D eigenvalue weighted by Gasteiger charge is -2.40. The summed E-state index contributed by atoms with van der Waals surface area (Å²) in [6.45, 7) is 2.45. The maximum absolute atomic E-state index is 13.1. The Balaban J connectivity index is 1.68. The summed E-state index contributed by atoms with van der Waals surface area (Å²) in [7, 11) is 1.41. The number of nitrogens with zero attached hydrogens (tertiary/aromatic N) is 1. The number of anilines is 1. The van der Waals surface area contributed by atoms with Crippen LogP contribution in [0.2, 0.25) is 0 Å². The van der Waals surface area contributed by atoms with Crippen LogP contribution in [-0.4, -0.2) is 36.6 Å². The number of carbonyl (C=O) groups is 1. The molecule has 1 aliphatic rings. The van der Waals surface area contributed by atoms with Gasteiger partial charge < -0.3 is 10.1 Å². The number of likely N-dealkylation sites (tertiary alicyclic amines) is 1. The Morgan fingerprint density at radius 3 is 2.36 bits per heavy atom. The highest BCUT2D eigenvalue weighted by Crippen LogP contribution is 2.29. The number of rotatable bonds is 5. The van der Waals surface area contributed by atoms with E-state index in [1.165, 1.54) is 24.8 Å². The van der Waals surface area contributed by atoms with Gasteiger partial charge in [0.25, 0.3) is 0 Å². The minimum atomic E-state index is -0.764. The second kappa shape index (κ2) is 7.66. The van der Waals surface area contributed by atoms with Crippen molar-refractivity contribution in [3.8, 4) is 0 Å². The lowest BCUT2D eigenvalue weighted by atomic mass is 9.86. The lowest BCUT2D eigenvalue weighted by molar-refractivity contribution is -0.147. The fourth-order valence-corrected chi connectivity index (χ4v) is 3.32. The highest BCUT2D eigenvalue weighted by atomic mass is 19.1. The van der Waals surface area contributed by atoms with Crippen molar-refractivity contribution in [3.05, 3.63) is 66.0 Å². The highest BCUT2D eigenvalue weighted by Gasteiger charge is 2.42. The van der Waals surface area contributed by atoms with Gasteiger partial charge in [-0.2, -0.15) is 0 Å². The number of carbonyl (C=O) groups excluding carboxylic acids is 1. The molecular formula is C20H23FN2O2. The smallest absolute Gasteiger partial charge is 0.331 e. The van der Waals surface area contributed by atoms with Gasteiger partial charge in [0.15, 0.2) is 0 Å². The van der Waals surface area contributed by atoms with E-state index in [9.17, 15) is 9.18 Å². The quantitative estimate of drug-likeness (QED) is 0.845. The second-order valence-electron chi connectivity index (χ2n) is 6.47. The third-order valence-corrected chi connectivity index (χ3v) is 4.76. The van der Waals surface area contributed by atoms with Crippen LogP contribution in [0.5, 0.6) is 0 Å². The molecule has 5 heteroatoms. The van der Waals surface area contributed by atoms with Crippen molar-refractivity contribution in [2.45, 2.75) is 24.9 Å². The Hall–Kier alpha value is -2.40. The van der Waals surface area contributed by atoms with Crippen molar-refractivity contribution in [2.75, 3.05) is 25.5 Å². The predicted molar refractivity (Wildman–Crippen MR) is 95.7 cm³/mol. The van der Waals surface area contributed by atoms with Crippen LogP contribution in [0.25, 0.3) is 0 Å². The van der Waals surface area contributed by atoms with Crippen LogP contribution < -0.4 is 5.32 Å². The molecule has 0 spiro atoms. The lowest BCUT2D eigenvalue weighted by Crippen LogP contribution is -2.54. The summed E-state index contributed by atoms with van der Waals surface area (Å²) in [5.41, 5.74) is 1.22. The number of hydrogen-bond acceptors (Lipinski definition) is 4. The largest absolute Gasteiger partial charge is 0.467 e. The van der Waals surface area contributed by atoms with Gasteiger partial charge in [0.2, 0.25) is 0 Å². The van der Waals surface area contributed by atoms with Crippen LogP contribution in [0.4, 0.5) is 10.1 Å². The Kier molecular flexibility index (Phi) is 5.34. The molecule has 0 amide bonds. The number of esters is 1. The number of methoxy groups -OCH3 is 1. The van der Waals surface area contributed by atoms with E-state index in [2.05, 4.69) is 22.3 Å². The summed E-state index contributed by atoms with van der Waals surface area (Å²) < 4.78 is 18.2. The third-order valence-electron chi connectivity index (χ3n) is 4.76. The van der Waals surface area contributed by atoms with Gasteiger partial charge >= 0.3 is 5.97 Å². The minimum Gasteiger partial charge on any atom is -0.467 e. The van der Waals surface area contributed by atoms with Crippen molar-refractivity contribution < 1.29 is 13.9 Å². The number of benzene rings is 2. The van der Waals surface area contributed by atoms with Crippen LogP contribution in [0.15, 0.2) is 54.6 Å². The zero-order chi connectivity index (χ0) is 17.7. The molecule has 2 aromatic rings. The average molecular weight is 342 g/mol.